The number of carbonyl (C=O) groups is 2. The summed E-state index contributed by atoms with van der Waals surface area (Å²) in [5.41, 5.74) is -0.404. The van der Waals surface area contributed by atoms with Crippen LogP contribution in [0.15, 0.2) is 59.0 Å². The Balaban J connectivity index is 1.62. The molecule has 140 valence electrons. The maximum absolute atomic E-state index is 12.1. The van der Waals surface area contributed by atoms with E-state index in [-0.39, 0.29) is 6.54 Å². The second-order valence-corrected chi connectivity index (χ2v) is 6.29. The lowest BCUT2D eigenvalue weighted by atomic mass is 10.0. The monoisotopic (exact) mass is 368 g/mol. The lowest BCUT2D eigenvalue weighted by Gasteiger charge is -2.20. The van der Waals surface area contributed by atoms with Gasteiger partial charge in [-0.25, -0.2) is 0 Å². The Labute approximate surface area is 155 Å². The van der Waals surface area contributed by atoms with Gasteiger partial charge in [0.05, 0.1) is 13.7 Å². The molecule has 0 radical (unpaired) electrons. The van der Waals surface area contributed by atoms with Crippen molar-refractivity contribution >= 4 is 28.5 Å². The molecule has 0 spiro atoms. The van der Waals surface area contributed by atoms with Crippen LogP contribution < -0.4 is 15.4 Å². The zero-order valence-electron chi connectivity index (χ0n) is 15.0. The fraction of sp³-hybridized carbons (Fsp3) is 0.200. The Kier molecular flexibility index (Phi) is 5.14. The second-order valence-electron chi connectivity index (χ2n) is 6.29. The Hall–Kier alpha value is -3.32. The molecule has 0 aliphatic heterocycles. The molecule has 3 N–H and O–H groups in total. The highest BCUT2D eigenvalue weighted by atomic mass is 16.5. The summed E-state index contributed by atoms with van der Waals surface area (Å²) in [4.78, 5) is 24.1. The Morgan fingerprint density at radius 1 is 1.11 bits per heavy atom. The minimum absolute atomic E-state index is 0.183. The number of rotatable bonds is 5. The van der Waals surface area contributed by atoms with Crippen molar-refractivity contribution in [2.75, 3.05) is 19.0 Å². The van der Waals surface area contributed by atoms with Crippen molar-refractivity contribution in [3.8, 4) is 5.75 Å². The van der Waals surface area contributed by atoms with Gasteiger partial charge in [-0.3, -0.25) is 9.59 Å². The largest absolute Gasteiger partial charge is 0.497 e. The molecule has 0 aliphatic carbocycles. The van der Waals surface area contributed by atoms with Crippen LogP contribution >= 0.6 is 0 Å². The van der Waals surface area contributed by atoms with Crippen LogP contribution in [0.3, 0.4) is 0 Å². The number of hydrogen-bond acceptors (Lipinski definition) is 5. The Bertz CT molecular complexity index is 944. The molecule has 7 heteroatoms. The van der Waals surface area contributed by atoms with E-state index in [1.807, 2.05) is 18.2 Å². The van der Waals surface area contributed by atoms with Gasteiger partial charge < -0.3 is 24.9 Å². The third kappa shape index (κ3) is 4.27. The topological polar surface area (TPSA) is 101 Å². The van der Waals surface area contributed by atoms with Gasteiger partial charge in [0, 0.05) is 17.1 Å². The summed E-state index contributed by atoms with van der Waals surface area (Å²) >= 11 is 0. The van der Waals surface area contributed by atoms with Crippen molar-refractivity contribution in [1.82, 2.24) is 5.32 Å². The van der Waals surface area contributed by atoms with Gasteiger partial charge in [-0.1, -0.05) is 24.3 Å². The third-order valence-electron chi connectivity index (χ3n) is 4.08. The molecule has 2 aromatic carbocycles. The van der Waals surface area contributed by atoms with Gasteiger partial charge in [0.1, 0.15) is 22.7 Å². The first kappa shape index (κ1) is 18.5. The summed E-state index contributed by atoms with van der Waals surface area (Å²) in [6.07, 6.45) is 0. The fourth-order valence-electron chi connectivity index (χ4n) is 2.56. The van der Waals surface area contributed by atoms with E-state index in [1.165, 1.54) is 14.0 Å². The van der Waals surface area contributed by atoms with E-state index in [1.54, 1.807) is 36.4 Å². The molecule has 1 heterocycles. The molecule has 7 nitrogen and oxygen atoms in total. The molecule has 0 aliphatic rings. The zero-order chi connectivity index (χ0) is 19.4. The minimum Gasteiger partial charge on any atom is -0.497 e. The summed E-state index contributed by atoms with van der Waals surface area (Å²) in [6, 6.07) is 15.7. The van der Waals surface area contributed by atoms with Gasteiger partial charge in [-0.15, -0.1) is 0 Å². The van der Waals surface area contributed by atoms with Crippen LogP contribution in [0, 0.1) is 0 Å². The van der Waals surface area contributed by atoms with E-state index in [0.29, 0.717) is 22.8 Å². The van der Waals surface area contributed by atoms with Crippen LogP contribution in [0.4, 0.5) is 5.69 Å². The molecular weight excluding hydrogens is 348 g/mol. The van der Waals surface area contributed by atoms with Gasteiger partial charge in [0.2, 0.25) is 0 Å². The molecule has 0 saturated heterocycles. The van der Waals surface area contributed by atoms with E-state index in [4.69, 9.17) is 9.15 Å². The normalized spacial score (nSPS) is 13.0. The smallest absolute Gasteiger partial charge is 0.313 e. The van der Waals surface area contributed by atoms with Crippen LogP contribution in [0.2, 0.25) is 0 Å². The lowest BCUT2D eigenvalue weighted by molar-refractivity contribution is -0.136. The van der Waals surface area contributed by atoms with E-state index in [9.17, 15) is 14.7 Å². The third-order valence-corrected chi connectivity index (χ3v) is 4.08. The average molecular weight is 368 g/mol. The Morgan fingerprint density at radius 2 is 1.89 bits per heavy atom. The van der Waals surface area contributed by atoms with Gasteiger partial charge in [0.25, 0.3) is 0 Å². The SMILES string of the molecule is COc1cccc(NC(=O)C(=O)NCC(C)(O)c2cc3ccccc3o2)c1. The van der Waals surface area contributed by atoms with Gasteiger partial charge in [-0.2, -0.15) is 0 Å². The number of fused-ring (bicyclic) bond motifs is 1. The summed E-state index contributed by atoms with van der Waals surface area (Å²) in [7, 11) is 1.51. The Morgan fingerprint density at radius 3 is 2.63 bits per heavy atom. The summed E-state index contributed by atoms with van der Waals surface area (Å²) in [6.45, 7) is 1.32. The summed E-state index contributed by atoms with van der Waals surface area (Å²) in [5.74, 6) is -0.851. The highest BCUT2D eigenvalue weighted by Crippen LogP contribution is 2.27. The van der Waals surface area contributed by atoms with Gasteiger partial charge in [0.15, 0.2) is 0 Å². The molecule has 27 heavy (non-hydrogen) atoms. The average Bonchev–Trinajstić information content (AvgIpc) is 3.11. The molecule has 1 unspecified atom stereocenters. The van der Waals surface area contributed by atoms with Crippen molar-refractivity contribution in [1.29, 1.82) is 0 Å². The van der Waals surface area contributed by atoms with Crippen LogP contribution in [0.1, 0.15) is 12.7 Å². The number of amides is 2. The maximum atomic E-state index is 12.1. The molecule has 3 rings (SSSR count). The molecule has 0 saturated carbocycles. The lowest BCUT2D eigenvalue weighted by Crippen LogP contribution is -2.43. The number of carbonyl (C=O) groups excluding carboxylic acids is 2. The van der Waals surface area contributed by atoms with Crippen molar-refractivity contribution in [3.63, 3.8) is 0 Å². The highest BCUT2D eigenvalue weighted by Gasteiger charge is 2.29. The number of benzene rings is 2. The van der Waals surface area contributed by atoms with Crippen molar-refractivity contribution in [2.24, 2.45) is 0 Å². The van der Waals surface area contributed by atoms with E-state index >= 15 is 0 Å². The van der Waals surface area contributed by atoms with Gasteiger partial charge in [-0.05, 0) is 31.2 Å². The van der Waals surface area contributed by atoms with Crippen molar-refractivity contribution < 1.29 is 23.8 Å². The number of furan rings is 1. The molecule has 0 fully saturated rings. The first-order valence-electron chi connectivity index (χ1n) is 8.34. The predicted molar refractivity (Wildman–Crippen MR) is 100 cm³/mol. The van der Waals surface area contributed by atoms with Crippen LogP contribution in [0.5, 0.6) is 5.75 Å². The van der Waals surface area contributed by atoms with Crippen molar-refractivity contribution in [3.05, 3.63) is 60.4 Å². The highest BCUT2D eigenvalue weighted by molar-refractivity contribution is 6.39. The minimum atomic E-state index is -1.47. The predicted octanol–water partition coefficient (Wildman–Crippen LogP) is 2.40. The molecule has 2 amide bonds. The second kappa shape index (κ2) is 7.51. The van der Waals surface area contributed by atoms with Crippen molar-refractivity contribution in [2.45, 2.75) is 12.5 Å². The van der Waals surface area contributed by atoms with Gasteiger partial charge >= 0.3 is 11.8 Å². The molecular formula is C20H20N2O5. The standard InChI is InChI=1S/C20H20N2O5/c1-20(25,17-10-13-6-3-4-9-16(13)27-17)12-21-18(23)19(24)22-14-7-5-8-15(11-14)26-2/h3-11,25H,12H2,1-2H3,(H,21,23)(H,22,24). The quantitative estimate of drug-likeness (QED) is 0.601. The van der Waals surface area contributed by atoms with Crippen LogP contribution in [-0.2, 0) is 15.2 Å². The molecule has 3 aromatic rings. The first-order chi connectivity index (χ1) is 12.9. The van der Waals surface area contributed by atoms with Crippen LogP contribution in [0.25, 0.3) is 11.0 Å². The number of nitrogens with one attached hydrogen (secondary N) is 2. The molecule has 1 atom stereocenters. The summed E-state index contributed by atoms with van der Waals surface area (Å²) in [5, 5.41) is 16.4. The molecule has 1 aromatic heterocycles. The number of anilines is 1. The molecule has 0 bridgehead atoms. The fourth-order valence-corrected chi connectivity index (χ4v) is 2.56. The number of ether oxygens (including phenoxy) is 1. The summed E-state index contributed by atoms with van der Waals surface area (Å²) < 4.78 is 10.7. The van der Waals surface area contributed by atoms with E-state index in [2.05, 4.69) is 10.6 Å². The van der Waals surface area contributed by atoms with E-state index < -0.39 is 17.4 Å². The number of methoxy groups -OCH3 is 1. The van der Waals surface area contributed by atoms with Crippen LogP contribution in [-0.4, -0.2) is 30.6 Å². The zero-order valence-corrected chi connectivity index (χ0v) is 15.0. The number of aliphatic hydroxyl groups is 1. The maximum Gasteiger partial charge on any atom is 0.313 e. The number of hydrogen-bond donors (Lipinski definition) is 3. The first-order valence-corrected chi connectivity index (χ1v) is 8.34. The number of para-hydroxylation sites is 1. The van der Waals surface area contributed by atoms with E-state index in [0.717, 1.165) is 5.39 Å².